The highest BCUT2D eigenvalue weighted by molar-refractivity contribution is 6.83. The molecule has 2 aromatic carbocycles. The molecule has 29 heavy (non-hydrogen) atoms. The van der Waals surface area contributed by atoms with Crippen molar-refractivity contribution in [2.24, 2.45) is 0 Å². The summed E-state index contributed by atoms with van der Waals surface area (Å²) >= 11 is 0. The topological polar surface area (TPSA) is 56.8 Å². The molecule has 0 aromatic heterocycles. The third-order valence-corrected chi connectivity index (χ3v) is 4.82. The maximum absolute atomic E-state index is 12.5. The number of ether oxygens (including phenoxy) is 3. The smallest absolute Gasteiger partial charge is 0.412 e. The quantitative estimate of drug-likeness (QED) is 0.514. The Kier molecular flexibility index (Phi) is 5.63. The van der Waals surface area contributed by atoms with Gasteiger partial charge in [-0.05, 0) is 44.5 Å². The maximum atomic E-state index is 12.5. The monoisotopic (exact) mass is 409 g/mol. The SMILES string of the molecule is CC(C)(C)OC(=O)Nc1c(C#C[Si](C)(C)C)cccc1-c1ccc2c(c1)OCO2. The summed E-state index contributed by atoms with van der Waals surface area (Å²) in [7, 11) is -1.59. The van der Waals surface area contributed by atoms with Crippen molar-refractivity contribution in [3.05, 3.63) is 42.0 Å². The molecule has 3 rings (SSSR count). The Labute approximate surface area is 173 Å². The zero-order valence-electron chi connectivity index (χ0n) is 17.8. The van der Waals surface area contributed by atoms with E-state index in [0.29, 0.717) is 17.2 Å². The van der Waals surface area contributed by atoms with E-state index >= 15 is 0 Å². The number of fused-ring (bicyclic) bond motifs is 1. The van der Waals surface area contributed by atoms with Crippen molar-refractivity contribution in [2.75, 3.05) is 12.1 Å². The minimum absolute atomic E-state index is 0.212. The molecule has 0 fully saturated rings. The van der Waals surface area contributed by atoms with Gasteiger partial charge in [0.05, 0.1) is 5.69 Å². The van der Waals surface area contributed by atoms with E-state index in [2.05, 4.69) is 36.4 Å². The van der Waals surface area contributed by atoms with Gasteiger partial charge in [0.1, 0.15) is 13.7 Å². The molecule has 152 valence electrons. The molecule has 1 aliphatic heterocycles. The molecule has 0 radical (unpaired) electrons. The Bertz CT molecular complexity index is 991. The number of hydrogen-bond acceptors (Lipinski definition) is 4. The van der Waals surface area contributed by atoms with E-state index in [0.717, 1.165) is 16.7 Å². The summed E-state index contributed by atoms with van der Waals surface area (Å²) in [6, 6.07) is 11.5. The van der Waals surface area contributed by atoms with E-state index in [-0.39, 0.29) is 6.79 Å². The van der Waals surface area contributed by atoms with Crippen LogP contribution in [0.2, 0.25) is 19.6 Å². The number of carbonyl (C=O) groups excluding carboxylic acids is 1. The van der Waals surface area contributed by atoms with E-state index in [9.17, 15) is 4.79 Å². The summed E-state index contributed by atoms with van der Waals surface area (Å²) in [6.45, 7) is 12.3. The van der Waals surface area contributed by atoms with Crippen molar-refractivity contribution < 1.29 is 19.0 Å². The van der Waals surface area contributed by atoms with Gasteiger partial charge in [0, 0.05) is 11.1 Å². The predicted molar refractivity (Wildman–Crippen MR) is 118 cm³/mol. The lowest BCUT2D eigenvalue weighted by Gasteiger charge is -2.21. The van der Waals surface area contributed by atoms with Gasteiger partial charge in [0.2, 0.25) is 6.79 Å². The van der Waals surface area contributed by atoms with Crippen molar-refractivity contribution in [3.63, 3.8) is 0 Å². The Hall–Kier alpha value is -2.91. The minimum atomic E-state index is -1.59. The molecule has 1 heterocycles. The first-order chi connectivity index (χ1) is 13.5. The Morgan fingerprint density at radius 3 is 2.52 bits per heavy atom. The van der Waals surface area contributed by atoms with E-state index < -0.39 is 19.8 Å². The van der Waals surface area contributed by atoms with Gasteiger partial charge in [-0.25, -0.2) is 4.79 Å². The van der Waals surface area contributed by atoms with Crippen molar-refractivity contribution >= 4 is 19.9 Å². The number of para-hydroxylation sites is 1. The van der Waals surface area contributed by atoms with Crippen LogP contribution in [0.15, 0.2) is 36.4 Å². The minimum Gasteiger partial charge on any atom is -0.454 e. The lowest BCUT2D eigenvalue weighted by Crippen LogP contribution is -2.27. The Morgan fingerprint density at radius 2 is 1.83 bits per heavy atom. The van der Waals surface area contributed by atoms with Gasteiger partial charge >= 0.3 is 6.09 Å². The molecule has 6 heteroatoms. The third-order valence-electron chi connectivity index (χ3n) is 3.95. The lowest BCUT2D eigenvalue weighted by molar-refractivity contribution is 0.0636. The highest BCUT2D eigenvalue weighted by atomic mass is 28.3. The zero-order chi connectivity index (χ0) is 21.2. The average molecular weight is 410 g/mol. The number of amides is 1. The fourth-order valence-corrected chi connectivity index (χ4v) is 3.27. The second kappa shape index (κ2) is 7.84. The van der Waals surface area contributed by atoms with Crippen LogP contribution >= 0.6 is 0 Å². The molecule has 0 saturated heterocycles. The largest absolute Gasteiger partial charge is 0.454 e. The molecule has 0 aliphatic carbocycles. The van der Waals surface area contributed by atoms with Crippen molar-refractivity contribution in [2.45, 2.75) is 46.0 Å². The van der Waals surface area contributed by atoms with Crippen LogP contribution in [0, 0.1) is 11.5 Å². The number of nitrogens with one attached hydrogen (secondary N) is 1. The first kappa shape index (κ1) is 20.8. The van der Waals surface area contributed by atoms with Crippen LogP contribution in [0.5, 0.6) is 11.5 Å². The van der Waals surface area contributed by atoms with E-state index in [1.807, 2.05) is 57.2 Å². The predicted octanol–water partition coefficient (Wildman–Crippen LogP) is 5.66. The van der Waals surface area contributed by atoms with Crippen LogP contribution in [-0.2, 0) is 4.74 Å². The van der Waals surface area contributed by atoms with Crippen molar-refractivity contribution in [3.8, 4) is 34.1 Å². The second-order valence-corrected chi connectivity index (χ2v) is 13.7. The summed E-state index contributed by atoms with van der Waals surface area (Å²) in [5.41, 5.74) is 5.91. The molecule has 2 aromatic rings. The van der Waals surface area contributed by atoms with Gasteiger partial charge in [-0.2, -0.15) is 0 Å². The van der Waals surface area contributed by atoms with Gasteiger partial charge in [0.15, 0.2) is 11.5 Å². The number of rotatable bonds is 2. The molecule has 0 bridgehead atoms. The molecular formula is C23H27NO4Si. The highest BCUT2D eigenvalue weighted by Gasteiger charge is 2.21. The van der Waals surface area contributed by atoms with Crippen LogP contribution in [0.25, 0.3) is 11.1 Å². The first-order valence-corrected chi connectivity index (χ1v) is 13.1. The van der Waals surface area contributed by atoms with Crippen molar-refractivity contribution in [1.82, 2.24) is 0 Å². The van der Waals surface area contributed by atoms with Gasteiger partial charge in [-0.15, -0.1) is 5.54 Å². The fraction of sp³-hybridized carbons (Fsp3) is 0.348. The molecule has 0 saturated carbocycles. The first-order valence-electron chi connectivity index (χ1n) is 9.58. The number of hydrogen-bond donors (Lipinski definition) is 1. The normalized spacial score (nSPS) is 12.8. The molecule has 0 spiro atoms. The molecule has 0 atom stereocenters. The Balaban J connectivity index is 2.07. The summed E-state index contributed by atoms with van der Waals surface area (Å²) in [4.78, 5) is 12.5. The van der Waals surface area contributed by atoms with E-state index in [1.54, 1.807) is 0 Å². The van der Waals surface area contributed by atoms with Crippen LogP contribution in [-0.4, -0.2) is 26.6 Å². The standard InChI is InChI=1S/C23H27NO4Si/c1-23(2,3)28-22(25)24-21-16(12-13-29(4,5)6)8-7-9-18(21)17-10-11-19-20(14-17)27-15-26-19/h7-11,14H,15H2,1-6H3,(H,24,25). The molecule has 5 nitrogen and oxygen atoms in total. The maximum Gasteiger partial charge on any atom is 0.412 e. The van der Waals surface area contributed by atoms with Gasteiger partial charge in [0.25, 0.3) is 0 Å². The molecule has 1 aliphatic rings. The van der Waals surface area contributed by atoms with E-state index in [1.165, 1.54) is 0 Å². The Morgan fingerprint density at radius 1 is 1.10 bits per heavy atom. The number of carbonyl (C=O) groups is 1. The van der Waals surface area contributed by atoms with Crippen LogP contribution < -0.4 is 14.8 Å². The molecular weight excluding hydrogens is 382 g/mol. The second-order valence-electron chi connectivity index (χ2n) is 8.92. The summed E-state index contributed by atoms with van der Waals surface area (Å²) in [5, 5.41) is 2.92. The van der Waals surface area contributed by atoms with Gasteiger partial charge in [-0.3, -0.25) is 5.32 Å². The zero-order valence-corrected chi connectivity index (χ0v) is 18.8. The average Bonchev–Trinajstić information content (AvgIpc) is 3.06. The van der Waals surface area contributed by atoms with Gasteiger partial charge in [-0.1, -0.05) is 43.8 Å². The van der Waals surface area contributed by atoms with E-state index in [4.69, 9.17) is 14.2 Å². The van der Waals surface area contributed by atoms with Gasteiger partial charge < -0.3 is 14.2 Å². The molecule has 1 N–H and O–H groups in total. The van der Waals surface area contributed by atoms with Crippen LogP contribution in [0.3, 0.4) is 0 Å². The fourth-order valence-electron chi connectivity index (χ4n) is 2.76. The third kappa shape index (κ3) is 5.55. The summed E-state index contributed by atoms with van der Waals surface area (Å²) < 4.78 is 16.4. The number of benzene rings is 2. The summed E-state index contributed by atoms with van der Waals surface area (Å²) in [5.74, 6) is 4.67. The van der Waals surface area contributed by atoms with Crippen molar-refractivity contribution in [1.29, 1.82) is 0 Å². The highest BCUT2D eigenvalue weighted by Crippen LogP contribution is 2.39. The van der Waals surface area contributed by atoms with Crippen LogP contribution in [0.4, 0.5) is 10.5 Å². The van der Waals surface area contributed by atoms with Crippen LogP contribution in [0.1, 0.15) is 26.3 Å². The molecule has 1 amide bonds. The summed E-state index contributed by atoms with van der Waals surface area (Å²) in [6.07, 6.45) is -0.512. The lowest BCUT2D eigenvalue weighted by atomic mass is 9.99. The number of anilines is 1. The molecule has 0 unspecified atom stereocenters.